The lowest BCUT2D eigenvalue weighted by molar-refractivity contribution is 0.165. The van der Waals surface area contributed by atoms with Crippen molar-refractivity contribution in [2.75, 3.05) is 7.11 Å². The molecule has 1 aliphatic carbocycles. The third kappa shape index (κ3) is 3.24. The Morgan fingerprint density at radius 2 is 2.30 bits per heavy atom. The Labute approximate surface area is 157 Å². The van der Waals surface area contributed by atoms with Crippen LogP contribution in [0.3, 0.4) is 0 Å². The van der Waals surface area contributed by atoms with Gasteiger partial charge in [-0.2, -0.15) is 5.26 Å². The van der Waals surface area contributed by atoms with Crippen molar-refractivity contribution in [3.63, 3.8) is 0 Å². The number of amides is 1. The molecule has 2 heterocycles. The van der Waals surface area contributed by atoms with Gasteiger partial charge in [0.2, 0.25) is 0 Å². The number of carbonyl (C=O) groups is 1. The topological polar surface area (TPSA) is 79.9 Å². The first-order valence-electron chi connectivity index (χ1n) is 8.98. The van der Waals surface area contributed by atoms with Crippen molar-refractivity contribution >= 4 is 17.0 Å². The standard InChI is InChI=1S/C21H20N4O2/c1-27-21(26)24-15-6-8-20-18(11-15)17-10-14(12-22)5-7-19(17)25(20)13-16-4-2-3-9-23-16/h2-5,7,9-10,15H,6,8,11,13H2,1H3,(H,24,26)/t15-/m1/s1. The highest BCUT2D eigenvalue weighted by Crippen LogP contribution is 2.33. The highest BCUT2D eigenvalue weighted by atomic mass is 16.5. The minimum absolute atomic E-state index is 0.0320. The van der Waals surface area contributed by atoms with Crippen LogP contribution >= 0.6 is 0 Å². The van der Waals surface area contributed by atoms with Crippen molar-refractivity contribution in [3.05, 3.63) is 65.1 Å². The largest absolute Gasteiger partial charge is 0.453 e. The first-order valence-corrected chi connectivity index (χ1v) is 8.98. The van der Waals surface area contributed by atoms with Gasteiger partial charge in [0, 0.05) is 28.8 Å². The van der Waals surface area contributed by atoms with Gasteiger partial charge in [0.25, 0.3) is 0 Å². The van der Waals surface area contributed by atoms with E-state index in [9.17, 15) is 10.1 Å². The molecule has 6 nitrogen and oxygen atoms in total. The molecule has 0 bridgehead atoms. The molecular formula is C21H20N4O2. The third-order valence-electron chi connectivity index (χ3n) is 5.15. The Hall–Kier alpha value is -3.33. The average molecular weight is 360 g/mol. The number of fused-ring (bicyclic) bond motifs is 3. The zero-order chi connectivity index (χ0) is 18.8. The molecule has 0 spiro atoms. The molecule has 4 rings (SSSR count). The number of nitrogens with one attached hydrogen (secondary N) is 1. The molecule has 27 heavy (non-hydrogen) atoms. The van der Waals surface area contributed by atoms with E-state index in [1.54, 1.807) is 6.20 Å². The number of rotatable bonds is 3. The van der Waals surface area contributed by atoms with Gasteiger partial charge in [0.05, 0.1) is 31.0 Å². The fourth-order valence-electron chi connectivity index (χ4n) is 3.90. The van der Waals surface area contributed by atoms with Crippen LogP contribution in [0.2, 0.25) is 0 Å². The Bertz CT molecular complexity index is 1030. The molecule has 1 aliphatic rings. The van der Waals surface area contributed by atoms with Crippen LogP contribution in [0.5, 0.6) is 0 Å². The Morgan fingerprint density at radius 1 is 1.41 bits per heavy atom. The molecule has 0 unspecified atom stereocenters. The molecule has 6 heteroatoms. The zero-order valence-electron chi connectivity index (χ0n) is 15.1. The van der Waals surface area contributed by atoms with E-state index < -0.39 is 6.09 Å². The molecule has 1 aromatic carbocycles. The number of nitrogens with zero attached hydrogens (tertiary/aromatic N) is 3. The van der Waals surface area contributed by atoms with Crippen LogP contribution in [0.4, 0.5) is 4.79 Å². The number of hydrogen-bond donors (Lipinski definition) is 1. The second kappa shape index (κ2) is 7.12. The van der Waals surface area contributed by atoms with Crippen LogP contribution in [-0.2, 0) is 24.1 Å². The van der Waals surface area contributed by atoms with E-state index >= 15 is 0 Å². The fourth-order valence-corrected chi connectivity index (χ4v) is 3.90. The summed E-state index contributed by atoms with van der Waals surface area (Å²) in [6.07, 6.45) is 3.83. The number of alkyl carbamates (subject to hydrolysis) is 1. The van der Waals surface area contributed by atoms with Gasteiger partial charge in [-0.25, -0.2) is 4.79 Å². The number of pyridine rings is 1. The van der Waals surface area contributed by atoms with Crippen molar-refractivity contribution in [1.29, 1.82) is 5.26 Å². The summed E-state index contributed by atoms with van der Waals surface area (Å²) in [5.41, 5.74) is 5.20. The quantitative estimate of drug-likeness (QED) is 0.778. The number of methoxy groups -OCH3 is 1. The normalized spacial score (nSPS) is 15.8. The van der Waals surface area contributed by atoms with Crippen LogP contribution < -0.4 is 5.32 Å². The second-order valence-electron chi connectivity index (χ2n) is 6.75. The van der Waals surface area contributed by atoms with Crippen molar-refractivity contribution in [2.45, 2.75) is 31.8 Å². The van der Waals surface area contributed by atoms with E-state index in [2.05, 4.69) is 20.9 Å². The third-order valence-corrected chi connectivity index (χ3v) is 5.15. The smallest absolute Gasteiger partial charge is 0.407 e. The lowest BCUT2D eigenvalue weighted by Crippen LogP contribution is -2.38. The Kier molecular flexibility index (Phi) is 4.51. The van der Waals surface area contributed by atoms with E-state index in [0.29, 0.717) is 12.1 Å². The highest BCUT2D eigenvalue weighted by molar-refractivity contribution is 5.87. The summed E-state index contributed by atoms with van der Waals surface area (Å²) in [6, 6.07) is 14.0. The number of benzene rings is 1. The highest BCUT2D eigenvalue weighted by Gasteiger charge is 2.27. The lowest BCUT2D eigenvalue weighted by atomic mass is 9.91. The lowest BCUT2D eigenvalue weighted by Gasteiger charge is -2.24. The minimum Gasteiger partial charge on any atom is -0.453 e. The van der Waals surface area contributed by atoms with Gasteiger partial charge in [-0.3, -0.25) is 4.98 Å². The first kappa shape index (κ1) is 17.1. The van der Waals surface area contributed by atoms with Gasteiger partial charge >= 0.3 is 6.09 Å². The molecule has 1 N–H and O–H groups in total. The molecule has 0 fully saturated rings. The van der Waals surface area contributed by atoms with Crippen LogP contribution in [0.25, 0.3) is 10.9 Å². The first-order chi connectivity index (χ1) is 13.2. The van der Waals surface area contributed by atoms with Gasteiger partial charge in [0.15, 0.2) is 0 Å². The number of hydrogen-bond acceptors (Lipinski definition) is 4. The average Bonchev–Trinajstić information content (AvgIpc) is 3.01. The zero-order valence-corrected chi connectivity index (χ0v) is 15.1. The number of nitriles is 1. The van der Waals surface area contributed by atoms with Crippen LogP contribution in [-0.4, -0.2) is 28.8 Å². The minimum atomic E-state index is -0.404. The fraction of sp³-hybridized carbons (Fsp3) is 0.286. The molecule has 2 aromatic heterocycles. The maximum atomic E-state index is 11.6. The summed E-state index contributed by atoms with van der Waals surface area (Å²) in [5.74, 6) is 0. The van der Waals surface area contributed by atoms with Gasteiger partial charge in [-0.05, 0) is 55.2 Å². The van der Waals surface area contributed by atoms with E-state index in [-0.39, 0.29) is 6.04 Å². The summed E-state index contributed by atoms with van der Waals surface area (Å²) in [7, 11) is 1.38. The van der Waals surface area contributed by atoms with E-state index in [1.165, 1.54) is 18.4 Å². The van der Waals surface area contributed by atoms with Gasteiger partial charge in [-0.15, -0.1) is 0 Å². The van der Waals surface area contributed by atoms with Gasteiger partial charge < -0.3 is 14.6 Å². The maximum Gasteiger partial charge on any atom is 0.407 e. The molecule has 1 amide bonds. The molecule has 136 valence electrons. The maximum absolute atomic E-state index is 11.6. The number of aromatic nitrogens is 2. The predicted molar refractivity (Wildman–Crippen MR) is 101 cm³/mol. The molecule has 0 saturated carbocycles. The van der Waals surface area contributed by atoms with Crippen molar-refractivity contribution in [3.8, 4) is 6.07 Å². The molecule has 0 aliphatic heterocycles. The summed E-state index contributed by atoms with van der Waals surface area (Å²) >= 11 is 0. The molecule has 3 aromatic rings. The van der Waals surface area contributed by atoms with E-state index in [4.69, 9.17) is 4.74 Å². The molecule has 0 radical (unpaired) electrons. The SMILES string of the molecule is COC(=O)N[C@@H]1CCc2c(c3cc(C#N)ccc3n2Cc2ccccn2)C1. The van der Waals surface area contributed by atoms with E-state index in [1.807, 2.05) is 36.4 Å². The molecule has 0 saturated heterocycles. The monoisotopic (exact) mass is 360 g/mol. The second-order valence-corrected chi connectivity index (χ2v) is 6.75. The Balaban J connectivity index is 1.78. The van der Waals surface area contributed by atoms with Crippen molar-refractivity contribution in [2.24, 2.45) is 0 Å². The van der Waals surface area contributed by atoms with Crippen molar-refractivity contribution in [1.82, 2.24) is 14.9 Å². The van der Waals surface area contributed by atoms with Crippen molar-refractivity contribution < 1.29 is 9.53 Å². The van der Waals surface area contributed by atoms with Gasteiger partial charge in [0.1, 0.15) is 0 Å². The van der Waals surface area contributed by atoms with E-state index in [0.717, 1.165) is 35.9 Å². The summed E-state index contributed by atoms with van der Waals surface area (Å²) < 4.78 is 7.04. The summed E-state index contributed by atoms with van der Waals surface area (Å²) in [6.45, 7) is 0.688. The van der Waals surface area contributed by atoms with Gasteiger partial charge in [-0.1, -0.05) is 6.07 Å². The van der Waals surface area contributed by atoms with Crippen LogP contribution in [0, 0.1) is 11.3 Å². The summed E-state index contributed by atoms with van der Waals surface area (Å²) in [5, 5.41) is 13.3. The van der Waals surface area contributed by atoms with Crippen LogP contribution in [0.1, 0.15) is 28.9 Å². The molecular weight excluding hydrogens is 340 g/mol. The molecule has 1 atom stereocenters. The number of ether oxygens (including phenoxy) is 1. The number of carbonyl (C=O) groups excluding carboxylic acids is 1. The van der Waals surface area contributed by atoms with Crippen LogP contribution in [0.15, 0.2) is 42.6 Å². The predicted octanol–water partition coefficient (Wildman–Crippen LogP) is 3.17. The summed E-state index contributed by atoms with van der Waals surface area (Å²) in [4.78, 5) is 16.1. The Morgan fingerprint density at radius 3 is 3.04 bits per heavy atom.